The molecule has 141 valence electrons. The lowest BCUT2D eigenvalue weighted by molar-refractivity contribution is -0.145. The second kappa shape index (κ2) is 7.37. The molecule has 1 saturated carbocycles. The molecule has 4 atom stereocenters. The first kappa shape index (κ1) is 20.4. The van der Waals surface area contributed by atoms with Crippen LogP contribution in [0.1, 0.15) is 47.5 Å². The fourth-order valence-electron chi connectivity index (χ4n) is 4.79. The van der Waals surface area contributed by atoms with Crippen molar-refractivity contribution in [2.75, 3.05) is 19.9 Å². The molecule has 1 heterocycles. The van der Waals surface area contributed by atoms with Crippen molar-refractivity contribution in [2.45, 2.75) is 53.5 Å². The highest BCUT2D eigenvalue weighted by Gasteiger charge is 2.53. The smallest absolute Gasteiger partial charge is 0.378 e. The number of fused-ring (bicyclic) bond motifs is 1. The number of likely N-dealkylation sites (tertiary alicyclic amines) is 1. The number of nitrogens with two attached hydrogens (primary N) is 1. The molecule has 0 aromatic rings. The van der Waals surface area contributed by atoms with Gasteiger partial charge in [0.1, 0.15) is 5.68 Å². The molecule has 0 aromatic carbocycles. The van der Waals surface area contributed by atoms with Gasteiger partial charge < -0.3 is 25.2 Å². The molecule has 0 unspecified atom stereocenters. The highest BCUT2D eigenvalue weighted by molar-refractivity contribution is 6.70. The van der Waals surface area contributed by atoms with Gasteiger partial charge >= 0.3 is 7.48 Å². The fourth-order valence-corrected chi connectivity index (χ4v) is 4.79. The Kier molecular flexibility index (Phi) is 6.01. The normalized spacial score (nSPS) is 29.4. The topological polar surface area (TPSA) is 92.9 Å². The Morgan fingerprint density at radius 2 is 2.00 bits per heavy atom. The number of hydrogen-bond acceptors (Lipinski definition) is 5. The second-order valence-electron chi connectivity index (χ2n) is 9.39. The zero-order chi connectivity index (χ0) is 19.0. The van der Waals surface area contributed by atoms with E-state index in [1.807, 2.05) is 20.8 Å². The van der Waals surface area contributed by atoms with Gasteiger partial charge in [-0.05, 0) is 35.5 Å². The lowest BCUT2D eigenvalue weighted by atomic mass is 9.69. The van der Waals surface area contributed by atoms with E-state index in [1.165, 1.54) is 0 Å². The quantitative estimate of drug-likeness (QED) is 0.423. The Morgan fingerprint density at radius 1 is 1.36 bits per heavy atom. The molecule has 0 aromatic heterocycles. The van der Waals surface area contributed by atoms with Crippen LogP contribution in [0.4, 0.5) is 0 Å². The summed E-state index contributed by atoms with van der Waals surface area (Å²) < 4.78 is 4.92. The average molecular weight is 351 g/mol. The third kappa shape index (κ3) is 4.26. The Labute approximate surface area is 151 Å². The Morgan fingerprint density at radius 3 is 2.52 bits per heavy atom. The molecule has 2 rings (SSSR count). The lowest BCUT2D eigenvalue weighted by Gasteiger charge is -2.36. The summed E-state index contributed by atoms with van der Waals surface area (Å²) in [5.74, 6) is -0.333. The molecule has 1 aliphatic heterocycles. The maximum absolute atomic E-state index is 13.2. The van der Waals surface area contributed by atoms with E-state index >= 15 is 0 Å². The first-order chi connectivity index (χ1) is 11.5. The number of amides is 1. The summed E-state index contributed by atoms with van der Waals surface area (Å²) in [6.07, 6.45) is 2.05. The van der Waals surface area contributed by atoms with E-state index < -0.39 is 11.3 Å². The third-order valence-electron chi connectivity index (χ3n) is 5.70. The van der Waals surface area contributed by atoms with E-state index in [1.54, 1.807) is 4.90 Å². The number of nitrogens with zero attached hydrogens (tertiary/aromatic N) is 1. The standard InChI is InChI=1S/C18H32BN2O4/c1-17(2,3)14(15(23)19-25-10-20)16(24)21-8-11-6-18(4,5)7-12(11)13(21)9-22/h11-14,22H,6-10,20H2,1-5H3/t11-,12-,13+,14+/m0/s1. The van der Waals surface area contributed by atoms with Gasteiger partial charge in [-0.1, -0.05) is 34.6 Å². The summed E-state index contributed by atoms with van der Waals surface area (Å²) in [5, 5.41) is 9.94. The van der Waals surface area contributed by atoms with Crippen LogP contribution in [0.2, 0.25) is 0 Å². The van der Waals surface area contributed by atoms with Gasteiger partial charge in [0.15, 0.2) is 0 Å². The highest BCUT2D eigenvalue weighted by Crippen LogP contribution is 2.51. The average Bonchev–Trinajstić information content (AvgIpc) is 2.94. The van der Waals surface area contributed by atoms with Crippen molar-refractivity contribution >= 4 is 19.1 Å². The number of hydrogen-bond donors (Lipinski definition) is 2. The summed E-state index contributed by atoms with van der Waals surface area (Å²) in [7, 11) is 1.06. The Bertz CT molecular complexity index is 518. The van der Waals surface area contributed by atoms with Gasteiger partial charge in [-0.3, -0.25) is 4.79 Å². The Hall–Kier alpha value is -0.915. The van der Waals surface area contributed by atoms with Crippen LogP contribution in [0.3, 0.4) is 0 Å². The van der Waals surface area contributed by atoms with Gasteiger partial charge in [0, 0.05) is 6.54 Å². The van der Waals surface area contributed by atoms with Crippen molar-refractivity contribution in [3.05, 3.63) is 0 Å². The molecule has 1 saturated heterocycles. The first-order valence-corrected chi connectivity index (χ1v) is 9.12. The minimum atomic E-state index is -0.833. The van der Waals surface area contributed by atoms with E-state index in [2.05, 4.69) is 13.8 Å². The minimum Gasteiger partial charge on any atom is -0.419 e. The van der Waals surface area contributed by atoms with E-state index in [4.69, 9.17) is 10.4 Å². The predicted molar refractivity (Wildman–Crippen MR) is 96.4 cm³/mol. The highest BCUT2D eigenvalue weighted by atomic mass is 16.4. The van der Waals surface area contributed by atoms with Gasteiger partial charge in [0.25, 0.3) is 0 Å². The van der Waals surface area contributed by atoms with E-state index in [0.717, 1.165) is 20.3 Å². The van der Waals surface area contributed by atoms with Crippen LogP contribution in [0, 0.1) is 28.6 Å². The summed E-state index contributed by atoms with van der Waals surface area (Å²) >= 11 is 0. The van der Waals surface area contributed by atoms with Crippen LogP contribution in [-0.2, 0) is 14.2 Å². The van der Waals surface area contributed by atoms with Crippen molar-refractivity contribution in [2.24, 2.45) is 34.3 Å². The molecule has 1 amide bonds. The first-order valence-electron chi connectivity index (χ1n) is 9.12. The maximum atomic E-state index is 13.2. The molecule has 2 fully saturated rings. The largest absolute Gasteiger partial charge is 0.419 e. The SMILES string of the molecule is CC1(C)C[C@H]2CN(C(=O)[C@@H](C(=O)[B]OCN)C(C)(C)C)[C@H](CO)[C@H]2C1. The van der Waals surface area contributed by atoms with Crippen LogP contribution in [0.5, 0.6) is 0 Å². The molecule has 0 bridgehead atoms. The summed E-state index contributed by atoms with van der Waals surface area (Å²) in [6.45, 7) is 10.6. The van der Waals surface area contributed by atoms with E-state index in [9.17, 15) is 14.7 Å². The summed E-state index contributed by atoms with van der Waals surface area (Å²) in [5.41, 5.74) is 4.63. The van der Waals surface area contributed by atoms with Gasteiger partial charge in [-0.2, -0.15) is 0 Å². The molecule has 0 spiro atoms. The Balaban J connectivity index is 2.20. The van der Waals surface area contributed by atoms with Crippen LogP contribution >= 0.6 is 0 Å². The van der Waals surface area contributed by atoms with Crippen molar-refractivity contribution in [1.29, 1.82) is 0 Å². The van der Waals surface area contributed by atoms with Gasteiger partial charge in [-0.15, -0.1) is 0 Å². The second-order valence-corrected chi connectivity index (χ2v) is 9.39. The third-order valence-corrected chi connectivity index (χ3v) is 5.70. The van der Waals surface area contributed by atoms with Crippen molar-refractivity contribution in [3.8, 4) is 0 Å². The monoisotopic (exact) mass is 351 g/mol. The van der Waals surface area contributed by atoms with Gasteiger partial charge in [0.2, 0.25) is 5.91 Å². The molecule has 1 radical (unpaired) electrons. The molecule has 7 heteroatoms. The van der Waals surface area contributed by atoms with Crippen LogP contribution in [-0.4, -0.2) is 55.0 Å². The lowest BCUT2D eigenvalue weighted by Crippen LogP contribution is -2.50. The number of carbonyl (C=O) groups excluding carboxylic acids is 2. The van der Waals surface area contributed by atoms with E-state index in [0.29, 0.717) is 18.4 Å². The molecule has 6 nitrogen and oxygen atoms in total. The zero-order valence-corrected chi connectivity index (χ0v) is 16.1. The van der Waals surface area contributed by atoms with Gasteiger partial charge in [-0.25, -0.2) is 0 Å². The van der Waals surface area contributed by atoms with Crippen molar-refractivity contribution in [3.63, 3.8) is 0 Å². The molecular formula is C18H32BN2O4. The summed E-state index contributed by atoms with van der Waals surface area (Å²) in [6, 6.07) is -0.202. The van der Waals surface area contributed by atoms with Crippen LogP contribution in [0.25, 0.3) is 0 Å². The van der Waals surface area contributed by atoms with Crippen LogP contribution < -0.4 is 5.73 Å². The number of aliphatic hydroxyl groups excluding tert-OH is 1. The maximum Gasteiger partial charge on any atom is 0.378 e. The van der Waals surface area contributed by atoms with E-state index in [-0.39, 0.29) is 36.4 Å². The van der Waals surface area contributed by atoms with Crippen molar-refractivity contribution in [1.82, 2.24) is 4.90 Å². The predicted octanol–water partition coefficient (Wildman–Crippen LogP) is 0.983. The number of carbonyl (C=O) groups is 2. The molecule has 2 aliphatic rings. The molecule has 3 N–H and O–H groups in total. The van der Waals surface area contributed by atoms with Crippen LogP contribution in [0.15, 0.2) is 0 Å². The number of aliphatic hydroxyl groups is 1. The number of rotatable bonds is 6. The molecular weight excluding hydrogens is 319 g/mol. The molecule has 1 aliphatic carbocycles. The zero-order valence-electron chi connectivity index (χ0n) is 16.1. The fraction of sp³-hybridized carbons (Fsp3) is 0.889. The molecule has 25 heavy (non-hydrogen) atoms. The van der Waals surface area contributed by atoms with Gasteiger partial charge in [0.05, 0.1) is 25.3 Å². The minimum absolute atomic E-state index is 0.0585. The summed E-state index contributed by atoms with van der Waals surface area (Å²) in [4.78, 5) is 27.5. The van der Waals surface area contributed by atoms with Crippen molar-refractivity contribution < 1.29 is 19.3 Å².